The van der Waals surface area contributed by atoms with E-state index in [1.165, 1.54) is 16.0 Å². The molecule has 1 N–H and O–H groups in total. The number of rotatable bonds is 5. The van der Waals surface area contributed by atoms with Gasteiger partial charge in [-0.1, -0.05) is 24.3 Å². The molecule has 19 heavy (non-hydrogen) atoms. The fourth-order valence-corrected chi connectivity index (χ4v) is 3.53. The highest BCUT2D eigenvalue weighted by atomic mass is 32.1. The molecule has 1 atom stereocenters. The van der Waals surface area contributed by atoms with Crippen molar-refractivity contribution in [3.05, 3.63) is 52.0 Å². The van der Waals surface area contributed by atoms with Crippen LogP contribution in [-0.2, 0) is 13.0 Å². The van der Waals surface area contributed by atoms with Crippen LogP contribution in [0, 0.1) is 0 Å². The third-order valence-electron chi connectivity index (χ3n) is 3.77. The number of hydrogen-bond acceptors (Lipinski definition) is 4. The molecule has 0 saturated carbocycles. The summed E-state index contributed by atoms with van der Waals surface area (Å²) in [7, 11) is 0. The summed E-state index contributed by atoms with van der Waals surface area (Å²) < 4.78 is 0. The zero-order valence-electron chi connectivity index (χ0n) is 10.8. The van der Waals surface area contributed by atoms with E-state index in [-0.39, 0.29) is 6.61 Å². The first-order chi connectivity index (χ1) is 9.38. The molecule has 3 nitrogen and oxygen atoms in total. The van der Waals surface area contributed by atoms with E-state index in [1.807, 2.05) is 11.7 Å². The van der Waals surface area contributed by atoms with Gasteiger partial charge in [-0.3, -0.25) is 9.88 Å². The fraction of sp³-hybridized carbons (Fsp3) is 0.400. The Bertz CT molecular complexity index is 527. The lowest BCUT2D eigenvalue weighted by Crippen LogP contribution is -2.29. The predicted molar refractivity (Wildman–Crippen MR) is 77.1 cm³/mol. The van der Waals surface area contributed by atoms with Crippen LogP contribution in [0.2, 0.25) is 0 Å². The van der Waals surface area contributed by atoms with Crippen molar-refractivity contribution in [1.29, 1.82) is 0 Å². The number of thiazole rings is 1. The Morgan fingerprint density at radius 2 is 2.26 bits per heavy atom. The molecule has 1 aliphatic carbocycles. The number of aliphatic hydroxyl groups is 1. The van der Waals surface area contributed by atoms with Gasteiger partial charge in [0.25, 0.3) is 0 Å². The van der Waals surface area contributed by atoms with Gasteiger partial charge < -0.3 is 5.11 Å². The van der Waals surface area contributed by atoms with Gasteiger partial charge in [0.05, 0.1) is 12.1 Å². The molecule has 100 valence electrons. The molecular weight excluding hydrogens is 256 g/mol. The molecule has 0 bridgehead atoms. The van der Waals surface area contributed by atoms with Crippen LogP contribution in [0.3, 0.4) is 0 Å². The summed E-state index contributed by atoms with van der Waals surface area (Å²) in [6.45, 7) is 1.80. The van der Waals surface area contributed by atoms with E-state index < -0.39 is 0 Å². The van der Waals surface area contributed by atoms with Gasteiger partial charge in [0, 0.05) is 30.2 Å². The summed E-state index contributed by atoms with van der Waals surface area (Å²) in [5.74, 6) is 0. The van der Waals surface area contributed by atoms with Gasteiger partial charge in [0.1, 0.15) is 0 Å². The van der Waals surface area contributed by atoms with Crippen molar-refractivity contribution in [2.45, 2.75) is 25.4 Å². The van der Waals surface area contributed by atoms with E-state index in [0.29, 0.717) is 6.04 Å². The molecule has 2 aromatic rings. The van der Waals surface area contributed by atoms with Crippen molar-refractivity contribution in [2.75, 3.05) is 13.2 Å². The lowest BCUT2D eigenvalue weighted by atomic mass is 10.1. The zero-order valence-corrected chi connectivity index (χ0v) is 11.6. The lowest BCUT2D eigenvalue weighted by Gasteiger charge is -2.28. The van der Waals surface area contributed by atoms with Crippen LogP contribution in [0.5, 0.6) is 0 Å². The minimum atomic E-state index is 0.206. The SMILES string of the molecule is OCCN(Cc1cncs1)C1CCc2ccccc21. The first kappa shape index (κ1) is 12.8. The maximum Gasteiger partial charge on any atom is 0.0794 e. The zero-order chi connectivity index (χ0) is 13.1. The number of nitrogens with zero attached hydrogens (tertiary/aromatic N) is 2. The molecular formula is C15H18N2OS. The van der Waals surface area contributed by atoms with E-state index >= 15 is 0 Å². The summed E-state index contributed by atoms with van der Waals surface area (Å²) >= 11 is 1.68. The van der Waals surface area contributed by atoms with E-state index in [1.54, 1.807) is 11.3 Å². The third-order valence-corrected chi connectivity index (χ3v) is 4.54. The van der Waals surface area contributed by atoms with Gasteiger partial charge in [0.2, 0.25) is 0 Å². The largest absolute Gasteiger partial charge is 0.395 e. The molecule has 0 radical (unpaired) electrons. The minimum absolute atomic E-state index is 0.206. The van der Waals surface area contributed by atoms with Crippen LogP contribution in [0.4, 0.5) is 0 Å². The number of fused-ring (bicyclic) bond motifs is 1. The van der Waals surface area contributed by atoms with Crippen molar-refractivity contribution in [2.24, 2.45) is 0 Å². The molecule has 0 amide bonds. The second-order valence-corrected chi connectivity index (χ2v) is 5.89. The van der Waals surface area contributed by atoms with Gasteiger partial charge in [-0.15, -0.1) is 11.3 Å². The summed E-state index contributed by atoms with van der Waals surface area (Å²) in [5, 5.41) is 9.32. The highest BCUT2D eigenvalue weighted by Gasteiger charge is 2.27. The summed E-state index contributed by atoms with van der Waals surface area (Å²) in [6, 6.07) is 9.11. The Morgan fingerprint density at radius 3 is 3.05 bits per heavy atom. The van der Waals surface area contributed by atoms with E-state index in [2.05, 4.69) is 34.1 Å². The molecule has 1 heterocycles. The Kier molecular flexibility index (Phi) is 3.92. The maximum absolute atomic E-state index is 9.32. The van der Waals surface area contributed by atoms with E-state index in [0.717, 1.165) is 25.9 Å². The van der Waals surface area contributed by atoms with Crippen molar-refractivity contribution >= 4 is 11.3 Å². The standard InChI is InChI=1S/C15H18N2OS/c18-8-7-17(10-13-9-16-11-19-13)15-6-5-12-3-1-2-4-14(12)15/h1-4,9,11,15,18H,5-8,10H2. The molecule has 0 spiro atoms. The summed E-state index contributed by atoms with van der Waals surface area (Å²) in [4.78, 5) is 7.77. The Hall–Kier alpha value is -1.23. The number of hydrogen-bond donors (Lipinski definition) is 1. The lowest BCUT2D eigenvalue weighted by molar-refractivity contribution is 0.144. The molecule has 1 aliphatic rings. The molecule has 0 saturated heterocycles. The third kappa shape index (κ3) is 2.71. The Labute approximate surface area is 117 Å². The predicted octanol–water partition coefficient (Wildman–Crippen LogP) is 2.62. The normalized spacial score (nSPS) is 17.9. The average Bonchev–Trinajstić information content (AvgIpc) is 3.07. The highest BCUT2D eigenvalue weighted by Crippen LogP contribution is 2.36. The van der Waals surface area contributed by atoms with Crippen molar-refractivity contribution in [3.8, 4) is 0 Å². The van der Waals surface area contributed by atoms with Crippen molar-refractivity contribution in [1.82, 2.24) is 9.88 Å². The molecule has 3 rings (SSSR count). The number of aromatic nitrogens is 1. The molecule has 4 heteroatoms. The summed E-state index contributed by atoms with van der Waals surface area (Å²) in [6.07, 6.45) is 4.22. The average molecular weight is 274 g/mol. The minimum Gasteiger partial charge on any atom is -0.395 e. The van der Waals surface area contributed by atoms with Crippen molar-refractivity contribution < 1.29 is 5.11 Å². The first-order valence-electron chi connectivity index (χ1n) is 6.68. The molecule has 1 aromatic carbocycles. The quantitative estimate of drug-likeness (QED) is 0.910. The monoisotopic (exact) mass is 274 g/mol. The van der Waals surface area contributed by atoms with Gasteiger partial charge in [-0.25, -0.2) is 0 Å². The van der Waals surface area contributed by atoms with Crippen LogP contribution >= 0.6 is 11.3 Å². The van der Waals surface area contributed by atoms with Gasteiger partial charge in [-0.05, 0) is 24.0 Å². The second kappa shape index (κ2) is 5.82. The Morgan fingerprint density at radius 1 is 1.37 bits per heavy atom. The smallest absolute Gasteiger partial charge is 0.0794 e. The molecule has 1 unspecified atom stereocenters. The van der Waals surface area contributed by atoms with Gasteiger partial charge in [-0.2, -0.15) is 0 Å². The molecule has 0 fully saturated rings. The van der Waals surface area contributed by atoms with Crippen LogP contribution in [0.1, 0.15) is 28.5 Å². The summed E-state index contributed by atoms with van der Waals surface area (Å²) in [5.41, 5.74) is 4.76. The molecule has 0 aliphatic heterocycles. The van der Waals surface area contributed by atoms with E-state index in [9.17, 15) is 5.11 Å². The van der Waals surface area contributed by atoms with Crippen molar-refractivity contribution in [3.63, 3.8) is 0 Å². The van der Waals surface area contributed by atoms with Crippen LogP contribution in [0.25, 0.3) is 0 Å². The Balaban J connectivity index is 1.81. The highest BCUT2D eigenvalue weighted by molar-refractivity contribution is 7.09. The second-order valence-electron chi connectivity index (χ2n) is 4.92. The first-order valence-corrected chi connectivity index (χ1v) is 7.56. The molecule has 1 aromatic heterocycles. The number of aryl methyl sites for hydroxylation is 1. The maximum atomic E-state index is 9.32. The van der Waals surface area contributed by atoms with Gasteiger partial charge >= 0.3 is 0 Å². The van der Waals surface area contributed by atoms with E-state index in [4.69, 9.17) is 0 Å². The fourth-order valence-electron chi connectivity index (χ4n) is 2.91. The van der Waals surface area contributed by atoms with Gasteiger partial charge in [0.15, 0.2) is 0 Å². The number of aliphatic hydroxyl groups excluding tert-OH is 1. The van der Waals surface area contributed by atoms with Crippen LogP contribution in [-0.4, -0.2) is 28.1 Å². The number of benzene rings is 1. The van der Waals surface area contributed by atoms with Crippen LogP contribution in [0.15, 0.2) is 36.0 Å². The van der Waals surface area contributed by atoms with Crippen LogP contribution < -0.4 is 0 Å². The topological polar surface area (TPSA) is 36.4 Å².